The molecule has 3 heteroatoms. The molecule has 0 aliphatic rings. The molecule has 0 spiro atoms. The van der Waals surface area contributed by atoms with Crippen molar-refractivity contribution in [3.63, 3.8) is 0 Å². The highest BCUT2D eigenvalue weighted by Gasteiger charge is 2.19. The highest BCUT2D eigenvalue weighted by atomic mass is 16.5. The Morgan fingerprint density at radius 2 is 1.67 bits per heavy atom. The molecule has 1 heterocycles. The van der Waals surface area contributed by atoms with Gasteiger partial charge in [0.2, 0.25) is 0 Å². The quantitative estimate of drug-likeness (QED) is 0.931. The van der Waals surface area contributed by atoms with Gasteiger partial charge in [-0.1, -0.05) is 12.1 Å². The third kappa shape index (κ3) is 3.08. The average Bonchev–Trinajstić information content (AvgIpc) is 2.43. The third-order valence-corrected chi connectivity index (χ3v) is 3.95. The van der Waals surface area contributed by atoms with Crippen LogP contribution < -0.4 is 10.1 Å². The lowest BCUT2D eigenvalue weighted by atomic mass is 9.94. The SMILES string of the molecule is CNC(c1cc(C)nc(C)c1)c1ccc(C)c(C)c1OC. The largest absolute Gasteiger partial charge is 0.496 e. The standard InChI is InChI=1S/C18H24N2O/c1-11-7-8-16(18(21-6)14(11)4)17(19-5)15-9-12(2)20-13(3)10-15/h7-10,17,19H,1-6H3. The van der Waals surface area contributed by atoms with Gasteiger partial charge in [-0.15, -0.1) is 0 Å². The topological polar surface area (TPSA) is 34.2 Å². The van der Waals surface area contributed by atoms with Gasteiger partial charge in [-0.2, -0.15) is 0 Å². The van der Waals surface area contributed by atoms with Crippen LogP contribution >= 0.6 is 0 Å². The predicted octanol–water partition coefficient (Wildman–Crippen LogP) is 3.63. The van der Waals surface area contributed by atoms with E-state index in [1.165, 1.54) is 16.7 Å². The summed E-state index contributed by atoms with van der Waals surface area (Å²) in [4.78, 5) is 4.46. The second kappa shape index (κ2) is 6.27. The fourth-order valence-electron chi connectivity index (χ4n) is 2.84. The number of rotatable bonds is 4. The first-order valence-electron chi connectivity index (χ1n) is 7.24. The van der Waals surface area contributed by atoms with Crippen LogP contribution in [0.15, 0.2) is 24.3 Å². The molecule has 0 saturated heterocycles. The van der Waals surface area contributed by atoms with Crippen molar-refractivity contribution >= 4 is 0 Å². The van der Waals surface area contributed by atoms with E-state index < -0.39 is 0 Å². The minimum Gasteiger partial charge on any atom is -0.496 e. The molecule has 1 aromatic heterocycles. The molecular formula is C18H24N2O. The summed E-state index contributed by atoms with van der Waals surface area (Å²) in [7, 11) is 3.71. The molecule has 1 unspecified atom stereocenters. The van der Waals surface area contributed by atoms with Gasteiger partial charge in [0.15, 0.2) is 0 Å². The van der Waals surface area contributed by atoms with Crippen LogP contribution in [0.4, 0.5) is 0 Å². The van der Waals surface area contributed by atoms with E-state index in [1.54, 1.807) is 7.11 Å². The lowest BCUT2D eigenvalue weighted by molar-refractivity contribution is 0.402. The Morgan fingerprint density at radius 3 is 2.19 bits per heavy atom. The molecule has 0 amide bonds. The fraction of sp³-hybridized carbons (Fsp3) is 0.389. The van der Waals surface area contributed by atoms with E-state index in [0.29, 0.717) is 0 Å². The van der Waals surface area contributed by atoms with Crippen molar-refractivity contribution in [2.45, 2.75) is 33.7 Å². The van der Waals surface area contributed by atoms with Gasteiger partial charge in [0, 0.05) is 17.0 Å². The van der Waals surface area contributed by atoms with Gasteiger partial charge in [0.1, 0.15) is 5.75 Å². The maximum Gasteiger partial charge on any atom is 0.127 e. The number of methoxy groups -OCH3 is 1. The van der Waals surface area contributed by atoms with Crippen LogP contribution in [0.25, 0.3) is 0 Å². The number of ether oxygens (including phenoxy) is 1. The lowest BCUT2D eigenvalue weighted by Crippen LogP contribution is -2.19. The minimum absolute atomic E-state index is 0.0969. The number of nitrogens with one attached hydrogen (secondary N) is 1. The first-order chi connectivity index (χ1) is 9.97. The third-order valence-electron chi connectivity index (χ3n) is 3.95. The Bertz CT molecular complexity index is 630. The van der Waals surface area contributed by atoms with E-state index in [-0.39, 0.29) is 6.04 Å². The van der Waals surface area contributed by atoms with Crippen LogP contribution in [0.1, 0.15) is 39.7 Å². The van der Waals surface area contributed by atoms with E-state index in [9.17, 15) is 0 Å². The Balaban J connectivity index is 2.59. The zero-order chi connectivity index (χ0) is 15.6. The van der Waals surface area contributed by atoms with Crippen molar-refractivity contribution in [1.82, 2.24) is 10.3 Å². The molecule has 21 heavy (non-hydrogen) atoms. The first kappa shape index (κ1) is 15.5. The Labute approximate surface area is 127 Å². The molecule has 2 rings (SSSR count). The van der Waals surface area contributed by atoms with Gasteiger partial charge in [-0.25, -0.2) is 0 Å². The maximum atomic E-state index is 5.67. The van der Waals surface area contributed by atoms with Gasteiger partial charge in [-0.05, 0) is 63.6 Å². The summed E-state index contributed by atoms with van der Waals surface area (Å²) in [6.45, 7) is 8.27. The van der Waals surface area contributed by atoms with Crippen LogP contribution in [-0.4, -0.2) is 19.1 Å². The Hall–Kier alpha value is -1.87. The molecule has 2 aromatic rings. The predicted molar refractivity (Wildman–Crippen MR) is 87.1 cm³/mol. The van der Waals surface area contributed by atoms with E-state index in [1.807, 2.05) is 20.9 Å². The summed E-state index contributed by atoms with van der Waals surface area (Å²) in [5.41, 5.74) is 6.88. The molecule has 1 atom stereocenters. The molecule has 0 saturated carbocycles. The Kier molecular flexibility index (Phi) is 4.63. The molecule has 112 valence electrons. The molecule has 1 aromatic carbocycles. The van der Waals surface area contributed by atoms with Gasteiger partial charge < -0.3 is 10.1 Å². The van der Waals surface area contributed by atoms with Gasteiger partial charge in [0.25, 0.3) is 0 Å². The summed E-state index contributed by atoms with van der Waals surface area (Å²) in [6, 6.07) is 8.65. The van der Waals surface area contributed by atoms with Crippen molar-refractivity contribution in [3.8, 4) is 5.75 Å². The Morgan fingerprint density at radius 1 is 1.05 bits per heavy atom. The van der Waals surface area contributed by atoms with E-state index in [4.69, 9.17) is 4.74 Å². The molecule has 0 radical (unpaired) electrons. The highest BCUT2D eigenvalue weighted by molar-refractivity contribution is 5.49. The lowest BCUT2D eigenvalue weighted by Gasteiger charge is -2.22. The summed E-state index contributed by atoms with van der Waals surface area (Å²) in [6.07, 6.45) is 0. The van der Waals surface area contributed by atoms with Crippen LogP contribution in [-0.2, 0) is 0 Å². The molecule has 0 aliphatic heterocycles. The zero-order valence-corrected chi connectivity index (χ0v) is 13.7. The first-order valence-corrected chi connectivity index (χ1v) is 7.24. The van der Waals surface area contributed by atoms with Crippen LogP contribution in [0, 0.1) is 27.7 Å². The van der Waals surface area contributed by atoms with E-state index in [2.05, 4.69) is 48.4 Å². The van der Waals surface area contributed by atoms with Crippen molar-refractivity contribution < 1.29 is 4.74 Å². The average molecular weight is 284 g/mol. The van der Waals surface area contributed by atoms with Gasteiger partial charge in [0.05, 0.1) is 13.2 Å². The molecule has 1 N–H and O–H groups in total. The number of benzene rings is 1. The molecular weight excluding hydrogens is 260 g/mol. The normalized spacial score (nSPS) is 12.3. The van der Waals surface area contributed by atoms with Gasteiger partial charge in [-0.3, -0.25) is 4.98 Å². The number of pyridine rings is 1. The highest BCUT2D eigenvalue weighted by Crippen LogP contribution is 2.34. The number of aryl methyl sites for hydroxylation is 3. The maximum absolute atomic E-state index is 5.67. The second-order valence-electron chi connectivity index (χ2n) is 5.53. The number of aromatic nitrogens is 1. The summed E-state index contributed by atoms with van der Waals surface area (Å²) in [5.74, 6) is 0.960. The van der Waals surface area contributed by atoms with Crippen molar-refractivity contribution in [3.05, 3.63) is 57.9 Å². The minimum atomic E-state index is 0.0969. The van der Waals surface area contributed by atoms with E-state index >= 15 is 0 Å². The van der Waals surface area contributed by atoms with Crippen molar-refractivity contribution in [2.75, 3.05) is 14.2 Å². The van der Waals surface area contributed by atoms with Crippen molar-refractivity contribution in [1.29, 1.82) is 0 Å². The molecule has 0 fully saturated rings. The molecule has 3 nitrogen and oxygen atoms in total. The number of hydrogen-bond donors (Lipinski definition) is 1. The summed E-state index contributed by atoms with van der Waals surface area (Å²) >= 11 is 0. The zero-order valence-electron chi connectivity index (χ0n) is 13.7. The van der Waals surface area contributed by atoms with E-state index in [0.717, 1.165) is 22.7 Å². The summed E-state index contributed by atoms with van der Waals surface area (Å²) in [5, 5.41) is 3.40. The number of nitrogens with zero attached hydrogens (tertiary/aromatic N) is 1. The smallest absolute Gasteiger partial charge is 0.127 e. The van der Waals surface area contributed by atoms with Crippen molar-refractivity contribution in [2.24, 2.45) is 0 Å². The molecule has 0 aliphatic carbocycles. The monoisotopic (exact) mass is 284 g/mol. The van der Waals surface area contributed by atoms with Gasteiger partial charge >= 0.3 is 0 Å². The fourth-order valence-corrected chi connectivity index (χ4v) is 2.84. The van der Waals surface area contributed by atoms with Crippen LogP contribution in [0.3, 0.4) is 0 Å². The van der Waals surface area contributed by atoms with Crippen LogP contribution in [0.2, 0.25) is 0 Å². The summed E-state index contributed by atoms with van der Waals surface area (Å²) < 4.78 is 5.67. The van der Waals surface area contributed by atoms with Crippen LogP contribution in [0.5, 0.6) is 5.75 Å². The second-order valence-corrected chi connectivity index (χ2v) is 5.53. The molecule has 0 bridgehead atoms. The number of hydrogen-bond acceptors (Lipinski definition) is 3.